The van der Waals surface area contributed by atoms with Crippen molar-refractivity contribution in [2.75, 3.05) is 0 Å². The first-order chi connectivity index (χ1) is 2.00. The first-order valence-corrected chi connectivity index (χ1v) is 2.35. The number of hydrogen-bond donors (Lipinski definition) is 6. The SMILES string of the molecule is N.N.N.O=P(O)(O)O.[H-].[K+]. The van der Waals surface area contributed by atoms with Gasteiger partial charge >= 0.3 is 59.2 Å². The van der Waals surface area contributed by atoms with Crippen molar-refractivity contribution >= 4 is 7.82 Å². The summed E-state index contributed by atoms with van der Waals surface area (Å²) < 4.78 is 8.88. The Kier molecular flexibility index (Phi) is 42.6. The summed E-state index contributed by atoms with van der Waals surface area (Å²) in [5, 5.41) is 0. The van der Waals surface area contributed by atoms with Gasteiger partial charge in [0, 0.05) is 0 Å². The summed E-state index contributed by atoms with van der Waals surface area (Å²) in [6, 6.07) is 0. The average Bonchev–Trinajstić information content (AvgIpc) is 0.722. The maximum atomic E-state index is 8.88. The fourth-order valence-corrected chi connectivity index (χ4v) is 0. The van der Waals surface area contributed by atoms with E-state index in [2.05, 4.69) is 0 Å². The second kappa shape index (κ2) is 12.3. The van der Waals surface area contributed by atoms with Gasteiger partial charge in [0.05, 0.1) is 0 Å². The Labute approximate surface area is 97.1 Å². The third-order valence-electron chi connectivity index (χ3n) is 0. The van der Waals surface area contributed by atoms with Crippen LogP contribution in [0.1, 0.15) is 1.43 Å². The van der Waals surface area contributed by atoms with Crippen LogP contribution in [0.3, 0.4) is 0 Å². The summed E-state index contributed by atoms with van der Waals surface area (Å²) in [5.74, 6) is 0. The Morgan fingerprint density at radius 1 is 1.00 bits per heavy atom. The Bertz CT molecular complexity index is 66.6. The molecule has 0 fully saturated rings. The molecule has 0 spiro atoms. The predicted molar refractivity (Wildman–Crippen MR) is 30.4 cm³/mol. The van der Waals surface area contributed by atoms with Gasteiger partial charge in [-0.05, 0) is 0 Å². The molecule has 9 heteroatoms. The van der Waals surface area contributed by atoms with Gasteiger partial charge in [-0.25, -0.2) is 4.57 Å². The van der Waals surface area contributed by atoms with Crippen molar-refractivity contribution in [2.24, 2.45) is 0 Å². The second-order valence-corrected chi connectivity index (χ2v) is 1.54. The minimum absolute atomic E-state index is 0. The monoisotopic (exact) mass is 189 g/mol. The summed E-state index contributed by atoms with van der Waals surface area (Å²) >= 11 is 0. The van der Waals surface area contributed by atoms with Gasteiger partial charge in [-0.3, -0.25) is 0 Å². The molecule has 0 aromatic rings. The van der Waals surface area contributed by atoms with Crippen molar-refractivity contribution in [3.8, 4) is 0 Å². The van der Waals surface area contributed by atoms with Crippen molar-refractivity contribution < 1.29 is 72.1 Å². The summed E-state index contributed by atoms with van der Waals surface area (Å²) in [4.78, 5) is 21.6. The molecule has 0 aliphatic rings. The van der Waals surface area contributed by atoms with Crippen LogP contribution in [-0.4, -0.2) is 14.7 Å². The molecule has 0 heterocycles. The van der Waals surface area contributed by atoms with Crippen LogP contribution in [0.2, 0.25) is 0 Å². The van der Waals surface area contributed by atoms with E-state index in [1.54, 1.807) is 0 Å². The van der Waals surface area contributed by atoms with E-state index in [4.69, 9.17) is 19.2 Å². The van der Waals surface area contributed by atoms with Gasteiger partial charge in [-0.1, -0.05) is 0 Å². The van der Waals surface area contributed by atoms with E-state index in [9.17, 15) is 0 Å². The van der Waals surface area contributed by atoms with Crippen molar-refractivity contribution in [2.45, 2.75) is 0 Å². The molecule has 0 aromatic carbocycles. The van der Waals surface area contributed by atoms with Gasteiger partial charge in [0.15, 0.2) is 0 Å². The van der Waals surface area contributed by atoms with Gasteiger partial charge in [-0.2, -0.15) is 0 Å². The molecule has 0 unspecified atom stereocenters. The molecule has 12 N–H and O–H groups in total. The van der Waals surface area contributed by atoms with E-state index < -0.39 is 7.82 Å². The fraction of sp³-hybridized carbons (Fsp3) is 0. The molecule has 0 aliphatic carbocycles. The average molecular weight is 189 g/mol. The quantitative estimate of drug-likeness (QED) is 0.170. The first kappa shape index (κ1) is 31.1. The first-order valence-electron chi connectivity index (χ1n) is 0.783. The van der Waals surface area contributed by atoms with Crippen molar-refractivity contribution in [3.05, 3.63) is 0 Å². The van der Waals surface area contributed by atoms with E-state index in [-0.39, 0.29) is 71.3 Å². The normalized spacial score (nSPS) is 6.56. The van der Waals surface area contributed by atoms with Gasteiger partial charge in [0.25, 0.3) is 0 Å². The van der Waals surface area contributed by atoms with Gasteiger partial charge in [0.1, 0.15) is 0 Å². The molecule has 0 atom stereocenters. The topological polar surface area (TPSA) is 183 Å². The molecule has 0 radical (unpaired) electrons. The molecule has 0 aromatic heterocycles. The van der Waals surface area contributed by atoms with E-state index in [1.807, 2.05) is 0 Å². The number of rotatable bonds is 0. The molecule has 7 nitrogen and oxygen atoms in total. The van der Waals surface area contributed by atoms with Gasteiger partial charge in [0.2, 0.25) is 0 Å². The Morgan fingerprint density at radius 2 is 1.00 bits per heavy atom. The maximum Gasteiger partial charge on any atom is 1.00 e. The largest absolute Gasteiger partial charge is 1.00 e. The zero-order chi connectivity index (χ0) is 4.50. The van der Waals surface area contributed by atoms with E-state index in [0.29, 0.717) is 0 Å². The van der Waals surface area contributed by atoms with E-state index in [0.717, 1.165) is 0 Å². The van der Waals surface area contributed by atoms with Crippen LogP contribution in [0.5, 0.6) is 0 Å². The zero-order valence-electron chi connectivity index (χ0n) is 6.32. The van der Waals surface area contributed by atoms with Crippen LogP contribution in [-0.2, 0) is 4.57 Å². The summed E-state index contributed by atoms with van der Waals surface area (Å²) in [5.41, 5.74) is 0. The second-order valence-electron chi connectivity index (χ2n) is 0.513. The van der Waals surface area contributed by atoms with Gasteiger partial charge in [-0.15, -0.1) is 0 Å². The third-order valence-corrected chi connectivity index (χ3v) is 0. The standard InChI is InChI=1S/K.3H3N.H3O4P.H/c;;;;1-5(2,3)4;/h;3*1H3;(H3,1,2,3,4);/q+1;;;;;-1. The smallest absolute Gasteiger partial charge is 1.00 e. The van der Waals surface area contributed by atoms with Crippen LogP contribution in [0.15, 0.2) is 0 Å². The molecule has 58 valence electrons. The van der Waals surface area contributed by atoms with Crippen LogP contribution < -0.4 is 69.8 Å². The van der Waals surface area contributed by atoms with E-state index >= 15 is 0 Å². The van der Waals surface area contributed by atoms with Crippen LogP contribution in [0.4, 0.5) is 0 Å². The maximum absolute atomic E-state index is 8.88. The molecule has 0 rings (SSSR count). The molecule has 0 bridgehead atoms. The minimum atomic E-state index is -4.64. The fourth-order valence-electron chi connectivity index (χ4n) is 0. The Hall–Kier alpha value is 1.63. The summed E-state index contributed by atoms with van der Waals surface area (Å²) in [6.45, 7) is 0. The molecule has 0 amide bonds. The molecular weight excluding hydrogens is 176 g/mol. The molecule has 0 saturated heterocycles. The molecule has 0 saturated carbocycles. The van der Waals surface area contributed by atoms with Crippen molar-refractivity contribution in [1.29, 1.82) is 0 Å². The molecule has 9 heavy (non-hydrogen) atoms. The van der Waals surface area contributed by atoms with E-state index in [1.165, 1.54) is 0 Å². The Balaban J connectivity index is -0.00000000800. The Morgan fingerprint density at radius 3 is 1.00 bits per heavy atom. The number of phosphoric acid groups is 1. The molecular formula is H13KN3O4P. The van der Waals surface area contributed by atoms with Gasteiger partial charge < -0.3 is 34.6 Å². The zero-order valence-corrected chi connectivity index (χ0v) is 9.34. The van der Waals surface area contributed by atoms with Crippen LogP contribution in [0.25, 0.3) is 0 Å². The van der Waals surface area contributed by atoms with Crippen molar-refractivity contribution in [3.63, 3.8) is 0 Å². The van der Waals surface area contributed by atoms with Crippen molar-refractivity contribution in [1.82, 2.24) is 18.5 Å². The van der Waals surface area contributed by atoms with Crippen LogP contribution in [0, 0.1) is 0 Å². The summed E-state index contributed by atoms with van der Waals surface area (Å²) in [7, 11) is -4.64. The molecule has 0 aliphatic heterocycles. The summed E-state index contributed by atoms with van der Waals surface area (Å²) in [6.07, 6.45) is 0. The number of hydrogen-bond acceptors (Lipinski definition) is 4. The van der Waals surface area contributed by atoms with Crippen LogP contribution >= 0.6 is 7.82 Å². The minimum Gasteiger partial charge on any atom is -1.00 e. The predicted octanol–water partition coefficient (Wildman–Crippen LogP) is -3.33. The third kappa shape index (κ3) is 212.